The Morgan fingerprint density at radius 1 is 1.23 bits per heavy atom. The number of amides is 3. The van der Waals surface area contributed by atoms with E-state index in [1.807, 2.05) is 19.2 Å². The molecule has 7 heteroatoms. The molecule has 0 aliphatic carbocycles. The minimum Gasteiger partial charge on any atom is -0.493 e. The number of rotatable bonds is 6. The molecular formula is C15H20N2O5. The van der Waals surface area contributed by atoms with Crippen LogP contribution in [0.15, 0.2) is 24.3 Å². The van der Waals surface area contributed by atoms with E-state index >= 15 is 0 Å². The van der Waals surface area contributed by atoms with Gasteiger partial charge >= 0.3 is 12.0 Å². The van der Waals surface area contributed by atoms with Gasteiger partial charge in [-0.05, 0) is 24.1 Å². The van der Waals surface area contributed by atoms with Gasteiger partial charge in [-0.2, -0.15) is 0 Å². The van der Waals surface area contributed by atoms with Crippen molar-refractivity contribution in [1.29, 1.82) is 0 Å². The number of ether oxygens (including phenoxy) is 2. The quantitative estimate of drug-likeness (QED) is 0.773. The molecule has 0 bridgehead atoms. The normalized spacial score (nSPS) is 10.0. The Labute approximate surface area is 129 Å². The monoisotopic (exact) mass is 308 g/mol. The highest BCUT2D eigenvalue weighted by atomic mass is 16.5. The molecule has 1 aromatic rings. The molecule has 1 rings (SSSR count). The molecule has 0 aromatic heterocycles. The Kier molecular flexibility index (Phi) is 6.88. The highest BCUT2D eigenvalue weighted by molar-refractivity contribution is 5.97. The fourth-order valence-electron chi connectivity index (χ4n) is 1.42. The van der Waals surface area contributed by atoms with Crippen LogP contribution in [0.2, 0.25) is 0 Å². The van der Waals surface area contributed by atoms with Crippen LogP contribution in [0.1, 0.15) is 24.2 Å². The highest BCUT2D eigenvalue weighted by Crippen LogP contribution is 2.15. The van der Waals surface area contributed by atoms with Gasteiger partial charge < -0.3 is 14.8 Å². The maximum atomic E-state index is 11.8. The molecule has 22 heavy (non-hydrogen) atoms. The number of carbonyl (C=O) groups excluding carboxylic acids is 3. The van der Waals surface area contributed by atoms with Gasteiger partial charge in [-0.1, -0.05) is 19.9 Å². The third-order valence-electron chi connectivity index (χ3n) is 2.47. The molecule has 0 saturated heterocycles. The summed E-state index contributed by atoms with van der Waals surface area (Å²) in [6, 6.07) is 5.84. The first kappa shape index (κ1) is 17.5. The van der Waals surface area contributed by atoms with E-state index in [1.54, 1.807) is 24.3 Å². The zero-order valence-electron chi connectivity index (χ0n) is 12.8. The van der Waals surface area contributed by atoms with Crippen LogP contribution in [0.25, 0.3) is 0 Å². The van der Waals surface area contributed by atoms with Crippen LogP contribution >= 0.6 is 0 Å². The molecule has 0 spiro atoms. The number of nitrogens with one attached hydrogen (secondary N) is 2. The summed E-state index contributed by atoms with van der Waals surface area (Å²) >= 11 is 0. The second kappa shape index (κ2) is 8.66. The topological polar surface area (TPSA) is 93.7 Å². The van der Waals surface area contributed by atoms with Crippen molar-refractivity contribution in [2.75, 3.05) is 20.3 Å². The summed E-state index contributed by atoms with van der Waals surface area (Å²) in [5.41, 5.74) is 0.272. The van der Waals surface area contributed by atoms with E-state index in [1.165, 1.54) is 7.05 Å². The van der Waals surface area contributed by atoms with Gasteiger partial charge in [-0.15, -0.1) is 0 Å². The zero-order valence-corrected chi connectivity index (χ0v) is 12.8. The van der Waals surface area contributed by atoms with Crippen LogP contribution in [0, 0.1) is 5.92 Å². The van der Waals surface area contributed by atoms with E-state index in [-0.39, 0.29) is 5.56 Å². The van der Waals surface area contributed by atoms with Crippen LogP contribution < -0.4 is 15.4 Å². The number of hydrogen-bond donors (Lipinski definition) is 2. The predicted molar refractivity (Wildman–Crippen MR) is 79.7 cm³/mol. The lowest BCUT2D eigenvalue weighted by Gasteiger charge is -2.10. The Morgan fingerprint density at radius 3 is 2.59 bits per heavy atom. The minimum absolute atomic E-state index is 0.272. The number of carbonyl (C=O) groups is 3. The standard InChI is InChI=1S/C15H20N2O5/c1-10(2)8-21-12-6-4-5-11(7-12)14(19)22-9-13(18)17-15(20)16-3/h4-7,10H,8-9H2,1-3H3,(H2,16,17,18,20). The second-order valence-corrected chi connectivity index (χ2v) is 4.94. The van der Waals surface area contributed by atoms with Crippen LogP contribution in [-0.2, 0) is 9.53 Å². The van der Waals surface area contributed by atoms with Crippen molar-refractivity contribution >= 4 is 17.9 Å². The lowest BCUT2D eigenvalue weighted by atomic mass is 10.2. The number of esters is 1. The number of benzene rings is 1. The van der Waals surface area contributed by atoms with E-state index in [0.717, 1.165) is 0 Å². The average molecular weight is 308 g/mol. The number of hydrogen-bond acceptors (Lipinski definition) is 5. The van der Waals surface area contributed by atoms with Crippen molar-refractivity contribution in [2.24, 2.45) is 5.92 Å². The molecule has 0 aliphatic rings. The molecule has 0 unspecified atom stereocenters. The van der Waals surface area contributed by atoms with Crippen LogP contribution in [0.3, 0.4) is 0 Å². The van der Waals surface area contributed by atoms with Crippen molar-refractivity contribution in [3.63, 3.8) is 0 Å². The van der Waals surface area contributed by atoms with Crippen LogP contribution in [-0.4, -0.2) is 38.2 Å². The molecule has 1 aromatic carbocycles. The zero-order chi connectivity index (χ0) is 16.5. The molecule has 0 radical (unpaired) electrons. The summed E-state index contributed by atoms with van der Waals surface area (Å²) in [5, 5.41) is 4.21. The fraction of sp³-hybridized carbons (Fsp3) is 0.400. The Bertz CT molecular complexity index is 542. The smallest absolute Gasteiger partial charge is 0.338 e. The van der Waals surface area contributed by atoms with E-state index in [2.05, 4.69) is 5.32 Å². The molecule has 0 heterocycles. The molecular weight excluding hydrogens is 288 g/mol. The molecule has 120 valence electrons. The lowest BCUT2D eigenvalue weighted by Crippen LogP contribution is -2.39. The van der Waals surface area contributed by atoms with Gasteiger partial charge in [0.25, 0.3) is 5.91 Å². The van der Waals surface area contributed by atoms with Gasteiger partial charge in [0.05, 0.1) is 12.2 Å². The van der Waals surface area contributed by atoms with E-state index in [4.69, 9.17) is 9.47 Å². The van der Waals surface area contributed by atoms with Crippen molar-refractivity contribution < 1.29 is 23.9 Å². The van der Waals surface area contributed by atoms with Crippen molar-refractivity contribution in [3.8, 4) is 5.75 Å². The Balaban J connectivity index is 2.53. The Morgan fingerprint density at radius 2 is 1.95 bits per heavy atom. The van der Waals surface area contributed by atoms with Gasteiger partial charge in [0, 0.05) is 7.05 Å². The second-order valence-electron chi connectivity index (χ2n) is 4.94. The highest BCUT2D eigenvalue weighted by Gasteiger charge is 2.12. The maximum absolute atomic E-state index is 11.8. The molecule has 0 aliphatic heterocycles. The summed E-state index contributed by atoms with van der Waals surface area (Å²) in [5.74, 6) is -0.455. The summed E-state index contributed by atoms with van der Waals surface area (Å²) in [7, 11) is 1.37. The van der Waals surface area contributed by atoms with E-state index in [9.17, 15) is 14.4 Å². The van der Waals surface area contributed by atoms with Crippen molar-refractivity contribution in [2.45, 2.75) is 13.8 Å². The largest absolute Gasteiger partial charge is 0.493 e. The fourth-order valence-corrected chi connectivity index (χ4v) is 1.42. The maximum Gasteiger partial charge on any atom is 0.338 e. The van der Waals surface area contributed by atoms with E-state index in [0.29, 0.717) is 18.3 Å². The predicted octanol–water partition coefficient (Wildman–Crippen LogP) is 1.33. The lowest BCUT2D eigenvalue weighted by molar-refractivity contribution is -0.123. The van der Waals surface area contributed by atoms with Gasteiger partial charge in [0.15, 0.2) is 6.61 Å². The first-order valence-electron chi connectivity index (χ1n) is 6.84. The van der Waals surface area contributed by atoms with Gasteiger partial charge in [0.1, 0.15) is 5.75 Å². The SMILES string of the molecule is CNC(=O)NC(=O)COC(=O)c1cccc(OCC(C)C)c1. The molecule has 0 atom stereocenters. The first-order chi connectivity index (χ1) is 10.4. The molecule has 3 amide bonds. The summed E-state index contributed by atoms with van der Waals surface area (Å²) < 4.78 is 10.3. The Hall–Kier alpha value is -2.57. The first-order valence-corrected chi connectivity index (χ1v) is 6.84. The van der Waals surface area contributed by atoms with Crippen LogP contribution in [0.4, 0.5) is 4.79 Å². The molecule has 7 nitrogen and oxygen atoms in total. The summed E-state index contributed by atoms with van der Waals surface area (Å²) in [4.78, 5) is 34.1. The molecule has 2 N–H and O–H groups in total. The van der Waals surface area contributed by atoms with Crippen molar-refractivity contribution in [1.82, 2.24) is 10.6 Å². The summed E-state index contributed by atoms with van der Waals surface area (Å²) in [6.45, 7) is 4.03. The molecule has 0 saturated carbocycles. The average Bonchev–Trinajstić information content (AvgIpc) is 2.50. The third kappa shape index (κ3) is 6.25. The molecule has 0 fully saturated rings. The van der Waals surface area contributed by atoms with Crippen molar-refractivity contribution in [3.05, 3.63) is 29.8 Å². The van der Waals surface area contributed by atoms with Crippen LogP contribution in [0.5, 0.6) is 5.75 Å². The van der Waals surface area contributed by atoms with E-state index < -0.39 is 24.5 Å². The summed E-state index contributed by atoms with van der Waals surface area (Å²) in [6.07, 6.45) is 0. The van der Waals surface area contributed by atoms with Gasteiger partial charge in [0.2, 0.25) is 0 Å². The minimum atomic E-state index is -0.708. The van der Waals surface area contributed by atoms with Gasteiger partial charge in [-0.3, -0.25) is 10.1 Å². The number of urea groups is 1. The third-order valence-corrected chi connectivity index (χ3v) is 2.47. The van der Waals surface area contributed by atoms with Gasteiger partial charge in [-0.25, -0.2) is 9.59 Å². The number of imide groups is 1.